The third-order valence-corrected chi connectivity index (χ3v) is 7.36. The molecule has 0 radical (unpaired) electrons. The van der Waals surface area contributed by atoms with E-state index in [0.29, 0.717) is 18.9 Å². The average molecular weight is 441 g/mol. The highest BCUT2D eigenvalue weighted by Gasteiger charge is 2.29. The Morgan fingerprint density at radius 2 is 1.78 bits per heavy atom. The fraction of sp³-hybridized carbons (Fsp3) is 0.269. The number of hydrogen-bond acceptors (Lipinski definition) is 5. The van der Waals surface area contributed by atoms with Crippen LogP contribution in [0.3, 0.4) is 0 Å². The molecule has 4 heterocycles. The largest absolute Gasteiger partial charge is 0.372 e. The van der Waals surface area contributed by atoms with Crippen LogP contribution in [0.4, 0.5) is 0 Å². The molecule has 1 aliphatic rings. The molecular weight excluding hydrogens is 416 g/mol. The molecular formula is C26H24N4OS. The average Bonchev–Trinajstić information content (AvgIpc) is 3.40. The highest BCUT2D eigenvalue weighted by molar-refractivity contribution is 7.19. The van der Waals surface area contributed by atoms with E-state index in [-0.39, 0.29) is 6.10 Å². The molecule has 6 heteroatoms. The van der Waals surface area contributed by atoms with Gasteiger partial charge in [-0.2, -0.15) is 0 Å². The van der Waals surface area contributed by atoms with Gasteiger partial charge < -0.3 is 4.74 Å². The van der Waals surface area contributed by atoms with Crippen molar-refractivity contribution < 1.29 is 4.74 Å². The fourth-order valence-electron chi connectivity index (χ4n) is 4.53. The molecule has 0 bridgehead atoms. The van der Waals surface area contributed by atoms with E-state index in [9.17, 15) is 0 Å². The fourth-order valence-corrected chi connectivity index (χ4v) is 5.65. The Hall–Kier alpha value is -3.09. The van der Waals surface area contributed by atoms with Crippen molar-refractivity contribution in [2.45, 2.75) is 39.4 Å². The van der Waals surface area contributed by atoms with Crippen LogP contribution in [0.1, 0.15) is 35.7 Å². The summed E-state index contributed by atoms with van der Waals surface area (Å²) in [5, 5.41) is 10.5. The Balaban J connectivity index is 1.61. The number of aromatic nitrogens is 4. The zero-order valence-corrected chi connectivity index (χ0v) is 19.0. The van der Waals surface area contributed by atoms with Crippen molar-refractivity contribution in [3.8, 4) is 11.4 Å². The summed E-state index contributed by atoms with van der Waals surface area (Å²) in [5.41, 5.74) is 4.52. The highest BCUT2D eigenvalue weighted by atomic mass is 32.1. The molecule has 0 fully saturated rings. The quantitative estimate of drug-likeness (QED) is 0.360. The monoisotopic (exact) mass is 440 g/mol. The topological polar surface area (TPSA) is 52.3 Å². The van der Waals surface area contributed by atoms with Gasteiger partial charge in [-0.1, -0.05) is 74.5 Å². The highest BCUT2D eigenvalue weighted by Crippen LogP contribution is 2.39. The van der Waals surface area contributed by atoms with Crippen LogP contribution in [0.2, 0.25) is 0 Å². The van der Waals surface area contributed by atoms with Crippen molar-refractivity contribution >= 4 is 27.2 Å². The minimum absolute atomic E-state index is 0.223. The molecule has 0 amide bonds. The van der Waals surface area contributed by atoms with Gasteiger partial charge in [0.1, 0.15) is 16.5 Å². The van der Waals surface area contributed by atoms with E-state index in [0.717, 1.165) is 39.5 Å². The Morgan fingerprint density at radius 3 is 2.53 bits per heavy atom. The molecule has 5 nitrogen and oxygen atoms in total. The number of benzene rings is 2. The van der Waals surface area contributed by atoms with Crippen LogP contribution in [-0.4, -0.2) is 25.7 Å². The molecule has 6 rings (SSSR count). The number of fused-ring (bicyclic) bond motifs is 5. The number of rotatable bonds is 4. The second-order valence-electron chi connectivity index (χ2n) is 8.72. The van der Waals surface area contributed by atoms with Gasteiger partial charge in [0.05, 0.1) is 18.1 Å². The van der Waals surface area contributed by atoms with Crippen LogP contribution in [-0.2, 0) is 24.2 Å². The zero-order valence-electron chi connectivity index (χ0n) is 18.2. The molecule has 32 heavy (non-hydrogen) atoms. The first kappa shape index (κ1) is 19.6. The van der Waals surface area contributed by atoms with E-state index in [2.05, 4.69) is 71.9 Å². The molecule has 1 aliphatic heterocycles. The van der Waals surface area contributed by atoms with E-state index >= 15 is 0 Å². The molecule has 5 aromatic rings. The van der Waals surface area contributed by atoms with Crippen LogP contribution < -0.4 is 0 Å². The van der Waals surface area contributed by atoms with Crippen LogP contribution in [0.5, 0.6) is 0 Å². The van der Waals surface area contributed by atoms with Crippen LogP contribution in [0, 0.1) is 5.92 Å². The Labute approximate surface area is 190 Å². The predicted octanol–water partition coefficient (Wildman–Crippen LogP) is 5.69. The summed E-state index contributed by atoms with van der Waals surface area (Å²) in [6.07, 6.45) is 1.83. The van der Waals surface area contributed by atoms with E-state index in [1.54, 1.807) is 11.3 Å². The zero-order chi connectivity index (χ0) is 21.7. The summed E-state index contributed by atoms with van der Waals surface area (Å²) in [4.78, 5) is 7.46. The van der Waals surface area contributed by atoms with Gasteiger partial charge in [0.2, 0.25) is 0 Å². The lowest BCUT2D eigenvalue weighted by Gasteiger charge is -2.26. The van der Waals surface area contributed by atoms with Crippen molar-refractivity contribution in [1.82, 2.24) is 19.6 Å². The molecule has 0 spiro atoms. The van der Waals surface area contributed by atoms with Crippen LogP contribution in [0.25, 0.3) is 27.3 Å². The van der Waals surface area contributed by atoms with Crippen molar-refractivity contribution in [2.24, 2.45) is 5.92 Å². The number of ether oxygens (including phenoxy) is 1. The van der Waals surface area contributed by atoms with Gasteiger partial charge in [-0.05, 0) is 17.0 Å². The lowest BCUT2D eigenvalue weighted by Crippen LogP contribution is -2.26. The second-order valence-corrected chi connectivity index (χ2v) is 9.80. The van der Waals surface area contributed by atoms with Crippen molar-refractivity contribution in [3.63, 3.8) is 0 Å². The number of thiophene rings is 1. The molecule has 1 unspecified atom stereocenters. The third-order valence-electron chi connectivity index (χ3n) is 6.26. The smallest absolute Gasteiger partial charge is 0.173 e. The van der Waals surface area contributed by atoms with Crippen LogP contribution >= 0.6 is 11.3 Å². The Kier molecular flexibility index (Phi) is 4.77. The molecule has 0 aliphatic carbocycles. The van der Waals surface area contributed by atoms with Gasteiger partial charge in [0.15, 0.2) is 5.65 Å². The third kappa shape index (κ3) is 3.22. The second kappa shape index (κ2) is 7.80. The normalized spacial score (nSPS) is 16.2. The Bertz CT molecular complexity index is 1410. The van der Waals surface area contributed by atoms with Crippen LogP contribution in [0.15, 0.2) is 60.7 Å². The lowest BCUT2D eigenvalue weighted by molar-refractivity contribution is 0.00203. The van der Waals surface area contributed by atoms with Gasteiger partial charge in [-0.25, -0.2) is 4.98 Å². The summed E-state index contributed by atoms with van der Waals surface area (Å²) >= 11 is 1.73. The van der Waals surface area contributed by atoms with E-state index < -0.39 is 0 Å². The summed E-state index contributed by atoms with van der Waals surface area (Å²) in [7, 11) is 0. The van der Waals surface area contributed by atoms with Crippen molar-refractivity contribution in [1.29, 1.82) is 0 Å². The number of hydrogen-bond donors (Lipinski definition) is 0. The molecule has 0 saturated heterocycles. The summed E-state index contributed by atoms with van der Waals surface area (Å²) in [6, 6.07) is 20.8. The maximum absolute atomic E-state index is 6.15. The summed E-state index contributed by atoms with van der Waals surface area (Å²) in [5.74, 6) is 2.27. The molecule has 3 aromatic heterocycles. The minimum Gasteiger partial charge on any atom is -0.372 e. The Morgan fingerprint density at radius 1 is 1.03 bits per heavy atom. The van der Waals surface area contributed by atoms with E-state index in [1.165, 1.54) is 16.0 Å². The van der Waals surface area contributed by atoms with Gasteiger partial charge >= 0.3 is 0 Å². The first-order valence-electron chi connectivity index (χ1n) is 11.1. The van der Waals surface area contributed by atoms with E-state index in [4.69, 9.17) is 14.8 Å². The maximum Gasteiger partial charge on any atom is 0.173 e. The maximum atomic E-state index is 6.15. The summed E-state index contributed by atoms with van der Waals surface area (Å²) < 4.78 is 8.31. The summed E-state index contributed by atoms with van der Waals surface area (Å²) in [6.45, 7) is 5.10. The predicted molar refractivity (Wildman–Crippen MR) is 128 cm³/mol. The van der Waals surface area contributed by atoms with Gasteiger partial charge in [-0.3, -0.25) is 4.40 Å². The molecule has 0 saturated carbocycles. The molecule has 2 aromatic carbocycles. The van der Waals surface area contributed by atoms with E-state index in [1.807, 2.05) is 12.1 Å². The molecule has 1 atom stereocenters. The van der Waals surface area contributed by atoms with Gasteiger partial charge in [-0.15, -0.1) is 21.5 Å². The first-order chi connectivity index (χ1) is 15.7. The molecule has 0 N–H and O–H groups in total. The lowest BCUT2D eigenvalue weighted by atomic mass is 9.96. The van der Waals surface area contributed by atoms with Crippen molar-refractivity contribution in [2.75, 3.05) is 0 Å². The number of nitrogens with zero attached hydrogens (tertiary/aromatic N) is 4. The first-order valence-corrected chi connectivity index (χ1v) is 11.9. The minimum atomic E-state index is 0.223. The standard InChI is InChI=1S/C26H24N4OS/c1-16(2)20-14-19-21(15-31-20)32-26-23(19)25-29-28-22(13-17-9-5-3-6-10-17)30(25)24(27-26)18-11-7-4-8-12-18/h3-12,16,20H,13-15H2,1-2H3. The van der Waals surface area contributed by atoms with Crippen molar-refractivity contribution in [3.05, 3.63) is 82.5 Å². The van der Waals surface area contributed by atoms with Gasteiger partial charge in [0.25, 0.3) is 0 Å². The SMILES string of the molecule is CC(C)C1Cc2c(sc3nc(-c4ccccc4)n4c(Cc5ccccc5)nnc4c23)CO1. The van der Waals surface area contributed by atoms with Gasteiger partial charge in [0, 0.05) is 23.3 Å². The molecule has 160 valence electrons.